The number of hydrogen-bond donors (Lipinski definition) is 2. The number of halogens is 1. The standard InChI is InChI=1S/C17H20ClN3O2/c18-14-7-8-15(17-13(14)2-1-9-20-17)23-10-16(22)21-12-5-3-11(19)4-6-12/h1-2,7-9,11-12H,3-6,10,19H2,(H,21,22). The summed E-state index contributed by atoms with van der Waals surface area (Å²) in [5.74, 6) is 0.440. The van der Waals surface area contributed by atoms with Crippen LogP contribution in [0.25, 0.3) is 10.9 Å². The van der Waals surface area contributed by atoms with Gasteiger partial charge in [-0.05, 0) is 49.9 Å². The Labute approximate surface area is 140 Å². The third-order valence-electron chi connectivity index (χ3n) is 4.18. The Morgan fingerprint density at radius 2 is 2.09 bits per heavy atom. The topological polar surface area (TPSA) is 77.2 Å². The number of amides is 1. The number of hydrogen-bond acceptors (Lipinski definition) is 4. The molecular weight excluding hydrogens is 314 g/mol. The molecule has 1 aromatic heterocycles. The first-order valence-corrected chi connectivity index (χ1v) is 8.22. The van der Waals surface area contributed by atoms with E-state index < -0.39 is 0 Å². The van der Waals surface area contributed by atoms with Crippen LogP contribution >= 0.6 is 11.6 Å². The van der Waals surface area contributed by atoms with Crippen molar-refractivity contribution >= 4 is 28.4 Å². The number of ether oxygens (including phenoxy) is 1. The molecule has 23 heavy (non-hydrogen) atoms. The molecule has 0 unspecified atom stereocenters. The normalized spacial score (nSPS) is 21.1. The van der Waals surface area contributed by atoms with Crippen LogP contribution in [0.2, 0.25) is 5.02 Å². The van der Waals surface area contributed by atoms with Gasteiger partial charge in [-0.15, -0.1) is 0 Å². The van der Waals surface area contributed by atoms with Gasteiger partial charge in [-0.25, -0.2) is 0 Å². The second kappa shape index (κ2) is 7.15. The Hall–Kier alpha value is -1.85. The molecule has 1 aromatic carbocycles. The Bertz CT molecular complexity index is 699. The van der Waals surface area contributed by atoms with E-state index in [0.29, 0.717) is 16.3 Å². The summed E-state index contributed by atoms with van der Waals surface area (Å²) in [6.45, 7) is -0.0319. The van der Waals surface area contributed by atoms with Gasteiger partial charge in [0.05, 0.1) is 5.02 Å². The molecule has 3 N–H and O–H groups in total. The van der Waals surface area contributed by atoms with Crippen LogP contribution < -0.4 is 15.8 Å². The summed E-state index contributed by atoms with van der Waals surface area (Å²) in [6, 6.07) is 7.66. The average Bonchev–Trinajstić information content (AvgIpc) is 2.57. The van der Waals surface area contributed by atoms with E-state index in [0.717, 1.165) is 31.1 Å². The van der Waals surface area contributed by atoms with Gasteiger partial charge in [-0.1, -0.05) is 11.6 Å². The summed E-state index contributed by atoms with van der Waals surface area (Å²) < 4.78 is 5.64. The molecule has 122 valence electrons. The molecule has 1 fully saturated rings. The Balaban J connectivity index is 1.60. The average molecular weight is 334 g/mol. The SMILES string of the molecule is NC1CCC(NC(=O)COc2ccc(Cl)c3cccnc23)CC1. The molecule has 0 atom stereocenters. The van der Waals surface area contributed by atoms with Crippen LogP contribution in [0.1, 0.15) is 25.7 Å². The first-order valence-electron chi connectivity index (χ1n) is 7.84. The van der Waals surface area contributed by atoms with E-state index in [9.17, 15) is 4.79 Å². The number of nitrogens with one attached hydrogen (secondary N) is 1. The molecule has 1 heterocycles. The minimum absolute atomic E-state index is 0.0319. The number of carbonyl (C=O) groups is 1. The van der Waals surface area contributed by atoms with E-state index >= 15 is 0 Å². The van der Waals surface area contributed by atoms with Crippen molar-refractivity contribution in [2.45, 2.75) is 37.8 Å². The lowest BCUT2D eigenvalue weighted by Crippen LogP contribution is -2.42. The number of nitrogens with two attached hydrogens (primary N) is 1. The highest BCUT2D eigenvalue weighted by Gasteiger charge is 2.20. The molecule has 0 spiro atoms. The molecule has 0 aliphatic heterocycles. The second-order valence-electron chi connectivity index (χ2n) is 5.91. The zero-order valence-electron chi connectivity index (χ0n) is 12.8. The molecule has 6 heteroatoms. The Kier molecular flexibility index (Phi) is 4.98. The summed E-state index contributed by atoms with van der Waals surface area (Å²) in [4.78, 5) is 16.3. The molecule has 1 amide bonds. The fraction of sp³-hybridized carbons (Fsp3) is 0.412. The first-order chi connectivity index (χ1) is 11.1. The van der Waals surface area contributed by atoms with Gasteiger partial charge >= 0.3 is 0 Å². The molecule has 0 saturated heterocycles. The highest BCUT2D eigenvalue weighted by atomic mass is 35.5. The predicted octanol–water partition coefficient (Wildman–Crippen LogP) is 2.65. The fourth-order valence-corrected chi connectivity index (χ4v) is 3.12. The van der Waals surface area contributed by atoms with E-state index in [1.54, 1.807) is 18.3 Å². The van der Waals surface area contributed by atoms with Crippen molar-refractivity contribution in [3.8, 4) is 5.75 Å². The van der Waals surface area contributed by atoms with Crippen LogP contribution in [0, 0.1) is 0 Å². The maximum absolute atomic E-state index is 12.1. The van der Waals surface area contributed by atoms with Crippen LogP contribution in [0.5, 0.6) is 5.75 Å². The van der Waals surface area contributed by atoms with Crippen LogP contribution in [-0.2, 0) is 4.79 Å². The smallest absolute Gasteiger partial charge is 0.258 e. The highest BCUT2D eigenvalue weighted by Crippen LogP contribution is 2.29. The monoisotopic (exact) mass is 333 g/mol. The summed E-state index contributed by atoms with van der Waals surface area (Å²) in [7, 11) is 0. The maximum Gasteiger partial charge on any atom is 0.258 e. The van der Waals surface area contributed by atoms with Crippen LogP contribution in [0.3, 0.4) is 0 Å². The molecule has 1 aliphatic carbocycles. The molecule has 0 radical (unpaired) electrons. The van der Waals surface area contributed by atoms with Gasteiger partial charge in [-0.2, -0.15) is 0 Å². The molecule has 5 nitrogen and oxygen atoms in total. The quantitative estimate of drug-likeness (QED) is 0.901. The van der Waals surface area contributed by atoms with Crippen molar-refractivity contribution in [1.82, 2.24) is 10.3 Å². The van der Waals surface area contributed by atoms with Crippen LogP contribution in [0.15, 0.2) is 30.5 Å². The number of pyridine rings is 1. The van der Waals surface area contributed by atoms with E-state index in [1.807, 2.05) is 12.1 Å². The summed E-state index contributed by atoms with van der Waals surface area (Å²) in [5, 5.41) is 4.43. The number of aromatic nitrogens is 1. The van der Waals surface area contributed by atoms with Crippen LogP contribution in [-0.4, -0.2) is 29.6 Å². The van der Waals surface area contributed by atoms with Crippen molar-refractivity contribution < 1.29 is 9.53 Å². The largest absolute Gasteiger partial charge is 0.481 e. The lowest BCUT2D eigenvalue weighted by molar-refractivity contribution is -0.124. The van der Waals surface area contributed by atoms with Gasteiger partial charge in [-0.3, -0.25) is 9.78 Å². The molecule has 1 saturated carbocycles. The number of nitrogens with zero attached hydrogens (tertiary/aromatic N) is 1. The van der Waals surface area contributed by atoms with Gasteiger partial charge in [0.1, 0.15) is 11.3 Å². The van der Waals surface area contributed by atoms with Crippen molar-refractivity contribution in [2.24, 2.45) is 5.73 Å². The third-order valence-corrected chi connectivity index (χ3v) is 4.50. The summed E-state index contributed by atoms with van der Waals surface area (Å²) >= 11 is 6.15. The Morgan fingerprint density at radius 1 is 1.30 bits per heavy atom. The van der Waals surface area contributed by atoms with Crippen molar-refractivity contribution in [3.63, 3.8) is 0 Å². The van der Waals surface area contributed by atoms with Gasteiger partial charge in [0.2, 0.25) is 0 Å². The minimum Gasteiger partial charge on any atom is -0.481 e. The minimum atomic E-state index is -0.121. The molecule has 3 rings (SSSR count). The molecule has 0 bridgehead atoms. The number of benzene rings is 1. The number of fused-ring (bicyclic) bond motifs is 1. The predicted molar refractivity (Wildman–Crippen MR) is 90.6 cm³/mol. The van der Waals surface area contributed by atoms with Crippen LogP contribution in [0.4, 0.5) is 0 Å². The molecule has 1 aliphatic rings. The van der Waals surface area contributed by atoms with Crippen molar-refractivity contribution in [3.05, 3.63) is 35.5 Å². The van der Waals surface area contributed by atoms with Gasteiger partial charge in [0.15, 0.2) is 6.61 Å². The number of carbonyl (C=O) groups excluding carboxylic acids is 1. The molecule has 2 aromatic rings. The fourth-order valence-electron chi connectivity index (χ4n) is 2.90. The van der Waals surface area contributed by atoms with Gasteiger partial charge in [0.25, 0.3) is 5.91 Å². The van der Waals surface area contributed by atoms with Gasteiger partial charge < -0.3 is 15.8 Å². The third kappa shape index (κ3) is 3.92. The first kappa shape index (κ1) is 16.0. The van der Waals surface area contributed by atoms with Gasteiger partial charge in [0, 0.05) is 23.7 Å². The molecular formula is C17H20ClN3O2. The zero-order valence-corrected chi connectivity index (χ0v) is 13.6. The highest BCUT2D eigenvalue weighted by molar-refractivity contribution is 6.35. The summed E-state index contributed by atoms with van der Waals surface area (Å²) in [5.41, 5.74) is 6.54. The van der Waals surface area contributed by atoms with E-state index in [-0.39, 0.29) is 24.6 Å². The van der Waals surface area contributed by atoms with Crippen molar-refractivity contribution in [2.75, 3.05) is 6.61 Å². The maximum atomic E-state index is 12.1. The van der Waals surface area contributed by atoms with Crippen molar-refractivity contribution in [1.29, 1.82) is 0 Å². The Morgan fingerprint density at radius 3 is 2.87 bits per heavy atom. The lowest BCUT2D eigenvalue weighted by atomic mass is 9.92. The van der Waals surface area contributed by atoms with E-state index in [1.165, 1.54) is 0 Å². The zero-order chi connectivity index (χ0) is 16.2. The lowest BCUT2D eigenvalue weighted by Gasteiger charge is -2.26. The number of rotatable bonds is 4. The second-order valence-corrected chi connectivity index (χ2v) is 6.32. The van der Waals surface area contributed by atoms with E-state index in [4.69, 9.17) is 22.1 Å². The van der Waals surface area contributed by atoms with E-state index in [2.05, 4.69) is 10.3 Å². The summed E-state index contributed by atoms with van der Waals surface area (Å²) in [6.07, 6.45) is 5.45.